The molecule has 0 aromatic rings. The molecule has 4 N–H and O–H groups in total. The zero-order valence-electron chi connectivity index (χ0n) is 10.1. The molecule has 2 aliphatic rings. The van der Waals surface area contributed by atoms with Gasteiger partial charge in [0.2, 0.25) is 0 Å². The largest absolute Gasteiger partial charge is 0.388 e. The van der Waals surface area contributed by atoms with Crippen LogP contribution < -0.4 is 5.73 Å². The third-order valence-corrected chi connectivity index (χ3v) is 4.29. The summed E-state index contributed by atoms with van der Waals surface area (Å²) in [6.45, 7) is 1.76. The molecule has 7 heteroatoms. The first-order chi connectivity index (χ1) is 7.91. The van der Waals surface area contributed by atoms with E-state index in [1.54, 1.807) is 6.92 Å². The number of hydrogen-bond acceptors (Lipinski definition) is 7. The lowest BCUT2D eigenvalue weighted by Crippen LogP contribution is -2.59. The van der Waals surface area contributed by atoms with E-state index in [4.69, 9.17) is 10.5 Å². The van der Waals surface area contributed by atoms with Crippen molar-refractivity contribution in [3.05, 3.63) is 0 Å². The maximum Gasteiger partial charge on any atom is 0.161 e. The fraction of sp³-hybridized carbons (Fsp3) is 0.900. The fourth-order valence-electron chi connectivity index (χ4n) is 2.03. The standard InChI is InChI=1S/C10H19N3O3S/c1-4(11)8-7(15)6(14)5-9(16-8)17-10(12-5)13(2)3/h4-9,14-15H,11H2,1-3H3/t4-,5+,6+,7-,8-,9+/m0/s1. The van der Waals surface area contributed by atoms with Gasteiger partial charge in [-0.15, -0.1) is 0 Å². The normalized spacial score (nSPS) is 42.9. The Morgan fingerprint density at radius 3 is 2.59 bits per heavy atom. The van der Waals surface area contributed by atoms with Crippen LogP contribution in [0.5, 0.6) is 0 Å². The molecule has 0 bridgehead atoms. The van der Waals surface area contributed by atoms with Gasteiger partial charge in [-0.2, -0.15) is 0 Å². The van der Waals surface area contributed by atoms with Gasteiger partial charge in [0.15, 0.2) is 5.17 Å². The monoisotopic (exact) mass is 261 g/mol. The van der Waals surface area contributed by atoms with E-state index in [1.165, 1.54) is 11.8 Å². The number of thioether (sulfide) groups is 1. The molecule has 1 fully saturated rings. The highest BCUT2D eigenvalue weighted by molar-refractivity contribution is 8.14. The van der Waals surface area contributed by atoms with Crippen molar-refractivity contribution in [2.24, 2.45) is 10.7 Å². The van der Waals surface area contributed by atoms with Crippen molar-refractivity contribution >= 4 is 16.9 Å². The van der Waals surface area contributed by atoms with Gasteiger partial charge < -0.3 is 25.6 Å². The van der Waals surface area contributed by atoms with Crippen LogP contribution in [0.1, 0.15) is 6.92 Å². The first-order valence-corrected chi connectivity index (χ1v) is 6.48. The van der Waals surface area contributed by atoms with Crippen molar-refractivity contribution in [3.8, 4) is 0 Å². The van der Waals surface area contributed by atoms with Crippen molar-refractivity contribution in [2.45, 2.75) is 42.8 Å². The van der Waals surface area contributed by atoms with Gasteiger partial charge in [0, 0.05) is 20.1 Å². The molecule has 0 aromatic heterocycles. The summed E-state index contributed by atoms with van der Waals surface area (Å²) in [6, 6.07) is -0.744. The molecular weight excluding hydrogens is 242 g/mol. The molecular formula is C10H19N3O3S. The van der Waals surface area contributed by atoms with Crippen LogP contribution in [0.2, 0.25) is 0 Å². The number of aliphatic imine (C=N–C) groups is 1. The van der Waals surface area contributed by atoms with Gasteiger partial charge in [0.1, 0.15) is 29.8 Å². The molecule has 98 valence electrons. The summed E-state index contributed by atoms with van der Waals surface area (Å²) in [7, 11) is 3.77. The van der Waals surface area contributed by atoms with Crippen LogP contribution in [0.4, 0.5) is 0 Å². The maximum absolute atomic E-state index is 10.0. The van der Waals surface area contributed by atoms with Gasteiger partial charge in [-0.05, 0) is 6.92 Å². The zero-order chi connectivity index (χ0) is 12.7. The van der Waals surface area contributed by atoms with Gasteiger partial charge in [0.25, 0.3) is 0 Å². The Balaban J connectivity index is 2.15. The summed E-state index contributed by atoms with van der Waals surface area (Å²) >= 11 is 1.46. The lowest BCUT2D eigenvalue weighted by Gasteiger charge is -2.39. The van der Waals surface area contributed by atoms with Crippen LogP contribution in [0.3, 0.4) is 0 Å². The lowest BCUT2D eigenvalue weighted by atomic mass is 9.95. The molecule has 2 aliphatic heterocycles. The average molecular weight is 261 g/mol. The van der Waals surface area contributed by atoms with Gasteiger partial charge in [-0.3, -0.25) is 4.99 Å². The van der Waals surface area contributed by atoms with Crippen LogP contribution >= 0.6 is 11.8 Å². The summed E-state index contributed by atoms with van der Waals surface area (Å²) in [6.07, 6.45) is -2.45. The van der Waals surface area contributed by atoms with Crippen molar-refractivity contribution in [1.29, 1.82) is 0 Å². The molecule has 0 unspecified atom stereocenters. The molecule has 2 heterocycles. The number of ether oxygens (including phenoxy) is 1. The first-order valence-electron chi connectivity index (χ1n) is 5.60. The quantitative estimate of drug-likeness (QED) is 0.550. The number of rotatable bonds is 1. The van der Waals surface area contributed by atoms with Crippen LogP contribution in [0, 0.1) is 0 Å². The second-order valence-corrected chi connectivity index (χ2v) is 5.79. The highest BCUT2D eigenvalue weighted by Gasteiger charge is 2.49. The Morgan fingerprint density at radius 2 is 2.06 bits per heavy atom. The Bertz CT molecular complexity index is 324. The predicted molar refractivity (Wildman–Crippen MR) is 66.8 cm³/mol. The Morgan fingerprint density at radius 1 is 1.41 bits per heavy atom. The van der Waals surface area contributed by atoms with Crippen molar-refractivity contribution in [2.75, 3.05) is 14.1 Å². The Hall–Kier alpha value is -0.340. The average Bonchev–Trinajstić information content (AvgIpc) is 2.67. The van der Waals surface area contributed by atoms with E-state index < -0.39 is 24.4 Å². The van der Waals surface area contributed by atoms with E-state index in [0.29, 0.717) is 0 Å². The summed E-state index contributed by atoms with van der Waals surface area (Å²) in [5, 5.41) is 20.8. The third-order valence-electron chi connectivity index (χ3n) is 2.99. The Labute approximate surface area is 105 Å². The molecule has 0 saturated carbocycles. The molecule has 0 radical (unpaired) electrons. The van der Waals surface area contributed by atoms with Crippen molar-refractivity contribution < 1.29 is 14.9 Å². The minimum atomic E-state index is -0.984. The molecule has 17 heavy (non-hydrogen) atoms. The smallest absolute Gasteiger partial charge is 0.161 e. The number of nitrogens with two attached hydrogens (primary N) is 1. The predicted octanol–water partition coefficient (Wildman–Crippen LogP) is -1.19. The van der Waals surface area contributed by atoms with E-state index in [9.17, 15) is 10.2 Å². The lowest BCUT2D eigenvalue weighted by molar-refractivity contribution is -0.157. The second-order valence-electron chi connectivity index (χ2n) is 4.72. The maximum atomic E-state index is 10.0. The highest BCUT2D eigenvalue weighted by Crippen LogP contribution is 2.37. The molecule has 6 atom stereocenters. The minimum absolute atomic E-state index is 0.262. The third kappa shape index (κ3) is 2.30. The molecule has 6 nitrogen and oxygen atoms in total. The Kier molecular flexibility index (Phi) is 3.65. The summed E-state index contributed by atoms with van der Waals surface area (Å²) in [4.78, 5) is 6.23. The van der Waals surface area contributed by atoms with Crippen LogP contribution in [-0.2, 0) is 4.74 Å². The van der Waals surface area contributed by atoms with Gasteiger partial charge in [-0.1, -0.05) is 11.8 Å². The summed E-state index contributed by atoms with van der Waals surface area (Å²) in [5.74, 6) is 0. The molecule has 0 aromatic carbocycles. The van der Waals surface area contributed by atoms with Crippen molar-refractivity contribution in [3.63, 3.8) is 0 Å². The second kappa shape index (κ2) is 4.74. The number of amidine groups is 1. The summed E-state index contributed by atoms with van der Waals surface area (Å²) < 4.78 is 5.72. The number of fused-ring (bicyclic) bond motifs is 1. The SMILES string of the molecule is C[C@H](N)[C@@H]1O[C@@H]2SC(N(C)C)=N[C@@H]2[C@@H](O)[C@@H]1O. The van der Waals surface area contributed by atoms with E-state index in [1.807, 2.05) is 19.0 Å². The van der Waals surface area contributed by atoms with Crippen LogP contribution in [0.25, 0.3) is 0 Å². The fourth-order valence-corrected chi connectivity index (χ4v) is 3.17. The number of hydrogen-bond donors (Lipinski definition) is 3. The van der Waals surface area contributed by atoms with Crippen molar-refractivity contribution in [1.82, 2.24) is 4.90 Å². The molecule has 2 rings (SSSR count). The zero-order valence-corrected chi connectivity index (χ0v) is 11.0. The number of nitrogens with zero attached hydrogens (tertiary/aromatic N) is 2. The topological polar surface area (TPSA) is 91.3 Å². The number of aliphatic hydroxyl groups is 2. The van der Waals surface area contributed by atoms with Gasteiger partial charge in [0.05, 0.1) is 0 Å². The van der Waals surface area contributed by atoms with Crippen LogP contribution in [-0.4, -0.2) is 70.2 Å². The first kappa shape index (κ1) is 13.1. The minimum Gasteiger partial charge on any atom is -0.388 e. The van der Waals surface area contributed by atoms with Crippen LogP contribution in [0.15, 0.2) is 4.99 Å². The number of aliphatic hydroxyl groups excluding tert-OH is 2. The van der Waals surface area contributed by atoms with E-state index in [-0.39, 0.29) is 11.5 Å². The molecule has 0 aliphatic carbocycles. The van der Waals surface area contributed by atoms with Gasteiger partial charge >= 0.3 is 0 Å². The van der Waals surface area contributed by atoms with E-state index in [2.05, 4.69) is 4.99 Å². The molecule has 0 amide bonds. The highest BCUT2D eigenvalue weighted by atomic mass is 32.2. The van der Waals surface area contributed by atoms with E-state index >= 15 is 0 Å². The van der Waals surface area contributed by atoms with E-state index in [0.717, 1.165) is 5.17 Å². The molecule has 0 spiro atoms. The van der Waals surface area contributed by atoms with Gasteiger partial charge in [-0.25, -0.2) is 0 Å². The summed E-state index contributed by atoms with van der Waals surface area (Å²) in [5.41, 5.74) is 5.48. The molecule has 1 saturated heterocycles.